The molecule has 7 nitrogen and oxygen atoms in total. The Morgan fingerprint density at radius 3 is 2.41 bits per heavy atom. The predicted molar refractivity (Wildman–Crippen MR) is 146 cm³/mol. The van der Waals surface area contributed by atoms with E-state index in [0.29, 0.717) is 16.3 Å². The first-order valence-electron chi connectivity index (χ1n) is 11.2. The molecule has 186 valence electrons. The highest BCUT2D eigenvalue weighted by atomic mass is 35.5. The normalized spacial score (nSPS) is 11.0. The topological polar surface area (TPSA) is 108 Å². The van der Waals surface area contributed by atoms with Crippen LogP contribution in [0.1, 0.15) is 56.7 Å². The van der Waals surface area contributed by atoms with Crippen molar-refractivity contribution in [3.63, 3.8) is 0 Å². The Labute approximate surface area is 222 Å². The Bertz CT molecular complexity index is 1580. The van der Waals surface area contributed by atoms with E-state index >= 15 is 0 Å². The molecule has 0 saturated carbocycles. The van der Waals surface area contributed by atoms with Gasteiger partial charge in [0.1, 0.15) is 10.5 Å². The summed E-state index contributed by atoms with van der Waals surface area (Å²) in [6, 6.07) is 20.1. The summed E-state index contributed by atoms with van der Waals surface area (Å²) in [4.78, 5) is 39.4. The number of nitrogens with zero attached hydrogens (tertiary/aromatic N) is 1. The number of fused-ring (bicyclic) bond motifs is 1. The molecular formula is C28H22ClN3O4S. The lowest BCUT2D eigenvalue weighted by Gasteiger charge is -2.20. The highest BCUT2D eigenvalue weighted by molar-refractivity contribution is 7.21. The third kappa shape index (κ3) is 5.97. The van der Waals surface area contributed by atoms with Gasteiger partial charge in [-0.25, -0.2) is 4.79 Å². The first-order valence-corrected chi connectivity index (χ1v) is 12.4. The average Bonchev–Trinajstić information content (AvgIpc) is 3.19. The van der Waals surface area contributed by atoms with Crippen LogP contribution < -0.4 is 10.6 Å². The average molecular weight is 532 g/mol. The zero-order chi connectivity index (χ0) is 26.7. The Morgan fingerprint density at radius 1 is 0.946 bits per heavy atom. The molecule has 9 heteroatoms. The summed E-state index contributed by atoms with van der Waals surface area (Å²) < 4.78 is 6.29. The number of esters is 1. The van der Waals surface area contributed by atoms with E-state index in [9.17, 15) is 14.4 Å². The third-order valence-electron chi connectivity index (χ3n) is 5.14. The minimum Gasteiger partial charge on any atom is -0.456 e. The molecule has 2 amide bonds. The van der Waals surface area contributed by atoms with Crippen LogP contribution in [-0.4, -0.2) is 23.4 Å². The smallest absolute Gasteiger partial charge is 0.338 e. The van der Waals surface area contributed by atoms with Gasteiger partial charge >= 0.3 is 5.97 Å². The Morgan fingerprint density at radius 2 is 1.70 bits per heavy atom. The standard InChI is InChI=1S/C28H22ClN3O4S/c1-28(2,3)36-27(35)17-11-12-19(25(33)31-18-8-6-7-16(13-18)15-30)21(14-17)32-26(34)24-23(29)20-9-4-5-10-22(20)37-24/h4-14H,1-3H3,(H,31,33)(H,32,34). The van der Waals surface area contributed by atoms with Crippen molar-refractivity contribution in [3.05, 3.63) is 93.3 Å². The van der Waals surface area contributed by atoms with Crippen molar-refractivity contribution < 1.29 is 19.1 Å². The Hall–Kier alpha value is -4.19. The number of hydrogen-bond donors (Lipinski definition) is 2. The number of halogens is 1. The van der Waals surface area contributed by atoms with Gasteiger partial charge in [0.05, 0.1) is 33.5 Å². The van der Waals surface area contributed by atoms with E-state index < -0.39 is 23.4 Å². The molecular weight excluding hydrogens is 510 g/mol. The van der Waals surface area contributed by atoms with Crippen molar-refractivity contribution in [1.29, 1.82) is 5.26 Å². The minimum atomic E-state index is -0.729. The second-order valence-electron chi connectivity index (χ2n) is 9.10. The van der Waals surface area contributed by atoms with E-state index in [-0.39, 0.29) is 21.7 Å². The first-order chi connectivity index (χ1) is 17.6. The first kappa shape index (κ1) is 25.9. The number of nitriles is 1. The van der Waals surface area contributed by atoms with Crippen molar-refractivity contribution in [3.8, 4) is 6.07 Å². The molecule has 4 aromatic rings. The van der Waals surface area contributed by atoms with Crippen LogP contribution >= 0.6 is 22.9 Å². The number of rotatable bonds is 5. The van der Waals surface area contributed by atoms with Crippen LogP contribution in [0.4, 0.5) is 11.4 Å². The fourth-order valence-electron chi connectivity index (χ4n) is 3.51. The van der Waals surface area contributed by atoms with Crippen LogP contribution in [0.15, 0.2) is 66.7 Å². The summed E-state index contributed by atoms with van der Waals surface area (Å²) in [6.45, 7) is 5.23. The maximum absolute atomic E-state index is 13.3. The van der Waals surface area contributed by atoms with Crippen molar-refractivity contribution >= 4 is 62.2 Å². The molecule has 0 spiro atoms. The van der Waals surface area contributed by atoms with E-state index in [1.54, 1.807) is 39.0 Å². The number of hydrogen-bond acceptors (Lipinski definition) is 6. The molecule has 0 radical (unpaired) electrons. The van der Waals surface area contributed by atoms with E-state index in [4.69, 9.17) is 21.6 Å². The Balaban J connectivity index is 1.70. The molecule has 0 fully saturated rings. The summed E-state index contributed by atoms with van der Waals surface area (Å²) in [5.41, 5.74) is 0.440. The number of thiophene rings is 1. The van der Waals surface area contributed by atoms with Crippen LogP contribution in [0, 0.1) is 11.3 Å². The van der Waals surface area contributed by atoms with Crippen molar-refractivity contribution in [1.82, 2.24) is 0 Å². The largest absolute Gasteiger partial charge is 0.456 e. The number of nitrogens with one attached hydrogen (secondary N) is 2. The highest BCUT2D eigenvalue weighted by Gasteiger charge is 2.23. The maximum Gasteiger partial charge on any atom is 0.338 e. The quantitative estimate of drug-likeness (QED) is 0.273. The summed E-state index contributed by atoms with van der Waals surface area (Å²) in [5, 5.41) is 15.7. The number of ether oxygens (including phenoxy) is 1. The lowest BCUT2D eigenvalue weighted by Crippen LogP contribution is -2.24. The van der Waals surface area contributed by atoms with Gasteiger partial charge in [-0.2, -0.15) is 5.26 Å². The summed E-state index contributed by atoms with van der Waals surface area (Å²) >= 11 is 7.70. The second kappa shape index (κ2) is 10.4. The van der Waals surface area contributed by atoms with Gasteiger partial charge in [-0.1, -0.05) is 35.9 Å². The molecule has 4 rings (SSSR count). The fraction of sp³-hybridized carbons (Fsp3) is 0.143. The van der Waals surface area contributed by atoms with Gasteiger partial charge in [-0.3, -0.25) is 9.59 Å². The number of anilines is 2. The second-order valence-corrected chi connectivity index (χ2v) is 10.5. The zero-order valence-corrected chi connectivity index (χ0v) is 21.8. The third-order valence-corrected chi connectivity index (χ3v) is 6.81. The summed E-state index contributed by atoms with van der Waals surface area (Å²) in [5.74, 6) is -1.66. The van der Waals surface area contributed by atoms with Gasteiger partial charge in [0, 0.05) is 15.8 Å². The summed E-state index contributed by atoms with van der Waals surface area (Å²) in [6.07, 6.45) is 0. The van der Waals surface area contributed by atoms with Gasteiger partial charge in [0.2, 0.25) is 0 Å². The fourth-order valence-corrected chi connectivity index (χ4v) is 4.93. The molecule has 0 saturated heterocycles. The molecule has 1 aromatic heterocycles. The van der Waals surface area contributed by atoms with Crippen LogP contribution in [0.3, 0.4) is 0 Å². The van der Waals surface area contributed by atoms with Crippen molar-refractivity contribution in [2.75, 3.05) is 10.6 Å². The van der Waals surface area contributed by atoms with E-state index in [1.807, 2.05) is 30.3 Å². The van der Waals surface area contributed by atoms with Crippen molar-refractivity contribution in [2.24, 2.45) is 0 Å². The lowest BCUT2D eigenvalue weighted by molar-refractivity contribution is 0.00692. The maximum atomic E-state index is 13.3. The van der Waals surface area contributed by atoms with Gasteiger partial charge in [0.15, 0.2) is 0 Å². The SMILES string of the molecule is CC(C)(C)OC(=O)c1ccc(C(=O)Nc2cccc(C#N)c2)c(NC(=O)c2sc3ccccc3c2Cl)c1. The van der Waals surface area contributed by atoms with Crippen LogP contribution in [-0.2, 0) is 4.74 Å². The van der Waals surface area contributed by atoms with Gasteiger partial charge in [-0.05, 0) is 63.2 Å². The molecule has 1 heterocycles. The van der Waals surface area contributed by atoms with Gasteiger partial charge in [-0.15, -0.1) is 11.3 Å². The van der Waals surface area contributed by atoms with Gasteiger partial charge < -0.3 is 15.4 Å². The molecule has 37 heavy (non-hydrogen) atoms. The van der Waals surface area contributed by atoms with Crippen LogP contribution in [0.5, 0.6) is 0 Å². The highest BCUT2D eigenvalue weighted by Crippen LogP contribution is 2.36. The number of carbonyl (C=O) groups excluding carboxylic acids is 3. The lowest BCUT2D eigenvalue weighted by atomic mass is 10.1. The number of amides is 2. The van der Waals surface area contributed by atoms with Crippen molar-refractivity contribution in [2.45, 2.75) is 26.4 Å². The molecule has 0 unspecified atom stereocenters. The molecule has 2 N–H and O–H groups in total. The molecule has 3 aromatic carbocycles. The zero-order valence-electron chi connectivity index (χ0n) is 20.2. The van der Waals surface area contributed by atoms with E-state index in [1.165, 1.54) is 35.6 Å². The number of carbonyl (C=O) groups is 3. The van der Waals surface area contributed by atoms with E-state index in [0.717, 1.165) is 10.1 Å². The molecule has 0 bridgehead atoms. The molecule has 0 aliphatic rings. The molecule has 0 atom stereocenters. The number of benzene rings is 3. The Kier molecular flexibility index (Phi) is 7.30. The minimum absolute atomic E-state index is 0.107. The molecule has 0 aliphatic carbocycles. The predicted octanol–water partition coefficient (Wildman–Crippen LogP) is 6.89. The van der Waals surface area contributed by atoms with Crippen LogP contribution in [0.25, 0.3) is 10.1 Å². The summed E-state index contributed by atoms with van der Waals surface area (Å²) in [7, 11) is 0. The molecule has 0 aliphatic heterocycles. The van der Waals surface area contributed by atoms with Gasteiger partial charge in [0.25, 0.3) is 11.8 Å². The monoisotopic (exact) mass is 531 g/mol. The van der Waals surface area contributed by atoms with Crippen LogP contribution in [0.2, 0.25) is 5.02 Å². The van der Waals surface area contributed by atoms with E-state index in [2.05, 4.69) is 10.6 Å².